The number of para-hydroxylation sites is 2. The molecule has 11 nitrogen and oxygen atoms in total. The zero-order valence-electron chi connectivity index (χ0n) is 23.9. The Kier molecular flexibility index (Phi) is 8.16. The number of rotatable bonds is 7. The molecule has 1 fully saturated rings. The van der Waals surface area contributed by atoms with E-state index in [0.717, 1.165) is 68.9 Å². The minimum atomic E-state index is 0.680. The molecule has 1 aliphatic rings. The fraction of sp³-hybridized carbons (Fsp3) is 0.290. The first-order valence-electron chi connectivity index (χ1n) is 14.4. The molecule has 4 heterocycles. The maximum Gasteiger partial charge on any atom is 0.225 e. The zero-order chi connectivity index (χ0) is 28.7. The van der Waals surface area contributed by atoms with E-state index in [1.807, 2.05) is 74.5 Å². The molecule has 0 bridgehead atoms. The summed E-state index contributed by atoms with van der Waals surface area (Å²) in [6, 6.07) is 19.8. The Bertz CT molecular complexity index is 1760. The number of aromatic nitrogens is 8. The Morgan fingerprint density at radius 3 is 2.00 bits per heavy atom. The average Bonchev–Trinajstić information content (AvgIpc) is 3.63. The van der Waals surface area contributed by atoms with Crippen LogP contribution in [-0.2, 0) is 0 Å². The summed E-state index contributed by atoms with van der Waals surface area (Å²) in [5.41, 5.74) is 3.86. The van der Waals surface area contributed by atoms with Crippen molar-refractivity contribution in [2.45, 2.75) is 46.0 Å². The summed E-state index contributed by atoms with van der Waals surface area (Å²) < 4.78 is 0. The number of H-pyrrole nitrogens is 2. The number of nitrogens with one attached hydrogen (secondary N) is 5. The van der Waals surface area contributed by atoms with Crippen molar-refractivity contribution in [2.24, 2.45) is 5.92 Å². The van der Waals surface area contributed by atoms with Crippen molar-refractivity contribution in [1.29, 1.82) is 0 Å². The van der Waals surface area contributed by atoms with Crippen molar-refractivity contribution < 1.29 is 0 Å². The lowest BCUT2D eigenvalue weighted by molar-refractivity contribution is 0.373. The topological polar surface area (TPSA) is 145 Å². The Morgan fingerprint density at radius 2 is 1.33 bits per heavy atom. The molecule has 214 valence electrons. The third-order valence-corrected chi connectivity index (χ3v) is 7.32. The first kappa shape index (κ1) is 27.1. The second-order valence-corrected chi connectivity index (χ2v) is 10.7. The Morgan fingerprint density at radius 1 is 0.714 bits per heavy atom. The molecule has 5 N–H and O–H groups in total. The molecule has 7 rings (SSSR count). The fourth-order valence-electron chi connectivity index (χ4n) is 5.19. The van der Waals surface area contributed by atoms with Gasteiger partial charge in [0.1, 0.15) is 18.0 Å². The molecule has 0 atom stereocenters. The average molecular weight is 562 g/mol. The van der Waals surface area contributed by atoms with Crippen molar-refractivity contribution in [3.05, 3.63) is 78.4 Å². The van der Waals surface area contributed by atoms with Gasteiger partial charge in [0.05, 0.1) is 11.0 Å². The Labute approximate surface area is 244 Å². The van der Waals surface area contributed by atoms with Crippen molar-refractivity contribution in [3.63, 3.8) is 0 Å². The molecular weight excluding hydrogens is 526 g/mol. The number of hydrogen-bond donors (Lipinski definition) is 5. The van der Waals surface area contributed by atoms with E-state index in [1.165, 1.54) is 32.1 Å². The maximum atomic E-state index is 4.70. The van der Waals surface area contributed by atoms with Crippen molar-refractivity contribution >= 4 is 51.0 Å². The predicted octanol–water partition coefficient (Wildman–Crippen LogP) is 6.80. The van der Waals surface area contributed by atoms with E-state index in [-0.39, 0.29) is 0 Å². The lowest BCUT2D eigenvalue weighted by atomic mass is 9.89. The van der Waals surface area contributed by atoms with E-state index in [2.05, 4.69) is 51.3 Å². The van der Waals surface area contributed by atoms with Crippen LogP contribution in [0, 0.1) is 19.8 Å². The van der Waals surface area contributed by atoms with Gasteiger partial charge in [-0.1, -0.05) is 43.5 Å². The smallest absolute Gasteiger partial charge is 0.225 e. The van der Waals surface area contributed by atoms with Gasteiger partial charge in [0, 0.05) is 40.8 Å². The van der Waals surface area contributed by atoms with E-state index < -0.39 is 0 Å². The zero-order valence-corrected chi connectivity index (χ0v) is 23.9. The summed E-state index contributed by atoms with van der Waals surface area (Å²) in [5.74, 6) is 4.48. The normalized spacial score (nSPS) is 13.5. The van der Waals surface area contributed by atoms with Crippen LogP contribution in [0.15, 0.2) is 67.0 Å². The van der Waals surface area contributed by atoms with E-state index in [1.54, 1.807) is 6.33 Å². The van der Waals surface area contributed by atoms with E-state index in [9.17, 15) is 0 Å². The molecule has 1 aliphatic carbocycles. The van der Waals surface area contributed by atoms with Crippen LogP contribution in [0.2, 0.25) is 0 Å². The third-order valence-electron chi connectivity index (χ3n) is 7.32. The second kappa shape index (κ2) is 12.6. The van der Waals surface area contributed by atoms with Gasteiger partial charge in [-0.3, -0.25) is 10.2 Å². The number of nitrogens with zero attached hydrogens (tertiary/aromatic N) is 6. The summed E-state index contributed by atoms with van der Waals surface area (Å²) in [7, 11) is 0. The van der Waals surface area contributed by atoms with Gasteiger partial charge in [0.2, 0.25) is 5.95 Å². The molecule has 0 radical (unpaired) electrons. The lowest BCUT2D eigenvalue weighted by Gasteiger charge is -2.22. The summed E-state index contributed by atoms with van der Waals surface area (Å²) >= 11 is 0. The number of benzene rings is 2. The third kappa shape index (κ3) is 6.63. The summed E-state index contributed by atoms with van der Waals surface area (Å²) in [6.45, 7) is 4.88. The van der Waals surface area contributed by atoms with E-state index in [0.29, 0.717) is 5.95 Å². The lowest BCUT2D eigenvalue weighted by Crippen LogP contribution is -2.18. The molecule has 42 heavy (non-hydrogen) atoms. The number of fused-ring (bicyclic) bond motifs is 2. The van der Waals surface area contributed by atoms with Gasteiger partial charge in [-0.15, -0.1) is 0 Å². The molecule has 0 spiro atoms. The van der Waals surface area contributed by atoms with Crippen LogP contribution in [0.1, 0.15) is 43.5 Å². The second-order valence-electron chi connectivity index (χ2n) is 10.7. The first-order chi connectivity index (χ1) is 20.6. The van der Waals surface area contributed by atoms with Crippen molar-refractivity contribution in [1.82, 2.24) is 40.3 Å². The minimum absolute atomic E-state index is 0.680. The quantitative estimate of drug-likeness (QED) is 0.142. The minimum Gasteiger partial charge on any atom is -0.354 e. The van der Waals surface area contributed by atoms with E-state index >= 15 is 0 Å². The molecule has 11 heteroatoms. The van der Waals surface area contributed by atoms with Crippen LogP contribution in [-0.4, -0.2) is 46.9 Å². The highest BCUT2D eigenvalue weighted by molar-refractivity contribution is 5.91. The SMILES string of the molecule is Cc1cc(Nc2nc(NCC3CCCCC3)nc3ccccc23)n[nH]1.Cc1cc(Nc2ncnc3ccccc23)n[nH]1. The highest BCUT2D eigenvalue weighted by Gasteiger charge is 2.15. The highest BCUT2D eigenvalue weighted by Crippen LogP contribution is 2.27. The molecule has 0 aliphatic heterocycles. The highest BCUT2D eigenvalue weighted by atomic mass is 15.2. The predicted molar refractivity (Wildman–Crippen MR) is 167 cm³/mol. The number of aryl methyl sites for hydroxylation is 2. The number of anilines is 5. The van der Waals surface area contributed by atoms with Gasteiger partial charge in [-0.25, -0.2) is 15.0 Å². The van der Waals surface area contributed by atoms with Gasteiger partial charge < -0.3 is 16.0 Å². The Balaban J connectivity index is 0.000000162. The van der Waals surface area contributed by atoms with Crippen LogP contribution in [0.5, 0.6) is 0 Å². The summed E-state index contributed by atoms with van der Waals surface area (Å²) in [6.07, 6.45) is 8.22. The summed E-state index contributed by atoms with van der Waals surface area (Å²) in [5, 5.41) is 26.1. The molecule has 0 unspecified atom stereocenters. The van der Waals surface area contributed by atoms with Crippen LogP contribution in [0.3, 0.4) is 0 Å². The molecule has 4 aromatic heterocycles. The molecule has 0 amide bonds. The van der Waals surface area contributed by atoms with Gasteiger partial charge in [0.25, 0.3) is 0 Å². The summed E-state index contributed by atoms with van der Waals surface area (Å²) in [4.78, 5) is 17.8. The monoisotopic (exact) mass is 561 g/mol. The molecule has 6 aromatic rings. The van der Waals surface area contributed by atoms with Crippen LogP contribution in [0.4, 0.5) is 29.2 Å². The molecule has 2 aromatic carbocycles. The fourth-order valence-corrected chi connectivity index (χ4v) is 5.19. The maximum absolute atomic E-state index is 4.70. The van der Waals surface area contributed by atoms with Crippen molar-refractivity contribution in [3.8, 4) is 0 Å². The van der Waals surface area contributed by atoms with Crippen LogP contribution < -0.4 is 16.0 Å². The number of hydrogen-bond acceptors (Lipinski definition) is 9. The molecule has 1 saturated carbocycles. The van der Waals surface area contributed by atoms with Gasteiger partial charge in [-0.05, 0) is 56.9 Å². The largest absolute Gasteiger partial charge is 0.354 e. The Hall–Kier alpha value is -5.06. The van der Waals surface area contributed by atoms with Crippen LogP contribution in [0.25, 0.3) is 21.8 Å². The first-order valence-corrected chi connectivity index (χ1v) is 14.4. The molecular formula is C31H35N11. The van der Waals surface area contributed by atoms with Gasteiger partial charge in [0.15, 0.2) is 11.6 Å². The van der Waals surface area contributed by atoms with E-state index in [4.69, 9.17) is 4.98 Å². The van der Waals surface area contributed by atoms with Gasteiger partial charge in [-0.2, -0.15) is 15.2 Å². The van der Waals surface area contributed by atoms with Crippen LogP contribution >= 0.6 is 0 Å². The molecule has 0 saturated heterocycles. The standard InChI is InChI=1S/C19H24N6.C12H11N5/c1-13-11-17(25-24-13)22-18-15-9-5-6-10-16(15)21-19(23-18)20-12-14-7-3-2-4-8-14;1-8-6-11(17-16-8)15-12-9-4-2-3-5-10(9)13-7-14-12/h5-6,9-11,14H,2-4,7-8,12H2,1H3,(H3,20,21,22,23,24,25);2-7H,1H3,(H2,13,14,15,16,17). The number of aromatic amines is 2. The van der Waals surface area contributed by atoms with Crippen molar-refractivity contribution in [2.75, 3.05) is 22.5 Å². The van der Waals surface area contributed by atoms with Gasteiger partial charge >= 0.3 is 0 Å².